The van der Waals surface area contributed by atoms with E-state index in [2.05, 4.69) is 15.1 Å². The number of sulfonamides is 1. The van der Waals surface area contributed by atoms with Gasteiger partial charge in [0.05, 0.1) is 5.75 Å². The van der Waals surface area contributed by atoms with Gasteiger partial charge in [0.1, 0.15) is 0 Å². The summed E-state index contributed by atoms with van der Waals surface area (Å²) < 4.78 is 31.4. The lowest BCUT2D eigenvalue weighted by molar-refractivity contribution is 0.261. The molecular formula is C16H22N4O3S. The summed E-state index contributed by atoms with van der Waals surface area (Å²) in [6.07, 6.45) is 6.49. The van der Waals surface area contributed by atoms with E-state index >= 15 is 0 Å². The van der Waals surface area contributed by atoms with Gasteiger partial charge < -0.3 is 4.52 Å². The second-order valence-electron chi connectivity index (χ2n) is 6.14. The van der Waals surface area contributed by atoms with Crippen molar-refractivity contribution in [3.63, 3.8) is 0 Å². The highest BCUT2D eigenvalue weighted by Crippen LogP contribution is 2.23. The molecule has 1 fully saturated rings. The summed E-state index contributed by atoms with van der Waals surface area (Å²) in [7, 11) is -3.13. The molecular weight excluding hydrogens is 328 g/mol. The number of aromatic nitrogens is 3. The summed E-state index contributed by atoms with van der Waals surface area (Å²) in [6.45, 7) is 3.05. The molecule has 0 bridgehead atoms. The molecule has 7 nitrogen and oxygen atoms in total. The topological polar surface area (TPSA) is 89.2 Å². The Morgan fingerprint density at radius 3 is 2.88 bits per heavy atom. The van der Waals surface area contributed by atoms with Crippen molar-refractivity contribution in [2.45, 2.75) is 32.6 Å². The van der Waals surface area contributed by atoms with Crippen molar-refractivity contribution in [1.82, 2.24) is 19.4 Å². The number of pyridine rings is 1. The van der Waals surface area contributed by atoms with Crippen molar-refractivity contribution in [2.24, 2.45) is 5.92 Å². The van der Waals surface area contributed by atoms with Crippen LogP contribution in [-0.2, 0) is 16.4 Å². The molecule has 1 aliphatic rings. The Kier molecular flexibility index (Phi) is 5.25. The zero-order valence-electron chi connectivity index (χ0n) is 13.8. The first-order chi connectivity index (χ1) is 11.6. The lowest BCUT2D eigenvalue weighted by atomic mass is 9.96. The third-order valence-electron chi connectivity index (χ3n) is 4.20. The van der Waals surface area contributed by atoms with E-state index in [-0.39, 0.29) is 11.7 Å². The van der Waals surface area contributed by atoms with E-state index in [1.165, 1.54) is 0 Å². The minimum absolute atomic E-state index is 0.216. The molecule has 8 heteroatoms. The molecule has 130 valence electrons. The molecule has 1 atom stereocenters. The lowest BCUT2D eigenvalue weighted by Gasteiger charge is -2.31. The molecule has 0 saturated carbocycles. The average molecular weight is 350 g/mol. The van der Waals surface area contributed by atoms with Crippen molar-refractivity contribution >= 4 is 10.0 Å². The van der Waals surface area contributed by atoms with Gasteiger partial charge in [-0.2, -0.15) is 4.98 Å². The fraction of sp³-hybridized carbons (Fsp3) is 0.562. The van der Waals surface area contributed by atoms with Crippen molar-refractivity contribution in [1.29, 1.82) is 0 Å². The Hall–Kier alpha value is -1.80. The maximum absolute atomic E-state index is 12.2. The van der Waals surface area contributed by atoms with E-state index in [0.717, 1.165) is 18.4 Å². The van der Waals surface area contributed by atoms with Gasteiger partial charge in [-0.15, -0.1) is 0 Å². The Balaban J connectivity index is 1.65. The van der Waals surface area contributed by atoms with Gasteiger partial charge in [-0.1, -0.05) is 12.1 Å². The Labute approximate surface area is 142 Å². The number of hydrogen-bond acceptors (Lipinski definition) is 6. The van der Waals surface area contributed by atoms with Crippen LogP contribution in [0.25, 0.3) is 11.5 Å². The highest BCUT2D eigenvalue weighted by molar-refractivity contribution is 7.89. The van der Waals surface area contributed by atoms with Gasteiger partial charge in [0, 0.05) is 37.5 Å². The predicted octanol–water partition coefficient (Wildman–Crippen LogP) is 2.13. The summed E-state index contributed by atoms with van der Waals surface area (Å²) >= 11 is 0. The Morgan fingerprint density at radius 2 is 2.12 bits per heavy atom. The van der Waals surface area contributed by atoms with Crippen LogP contribution in [0.4, 0.5) is 0 Å². The van der Waals surface area contributed by atoms with Crippen LogP contribution in [0.1, 0.15) is 32.0 Å². The zero-order chi connectivity index (χ0) is 17.0. The molecule has 0 radical (unpaired) electrons. The Morgan fingerprint density at radius 1 is 1.33 bits per heavy atom. The van der Waals surface area contributed by atoms with E-state index in [0.29, 0.717) is 37.6 Å². The Bertz CT molecular complexity index is 761. The molecule has 1 aliphatic heterocycles. The molecule has 3 heterocycles. The lowest BCUT2D eigenvalue weighted by Crippen LogP contribution is -2.41. The highest BCUT2D eigenvalue weighted by atomic mass is 32.2. The van der Waals surface area contributed by atoms with E-state index in [1.807, 2.05) is 19.1 Å². The van der Waals surface area contributed by atoms with Crippen molar-refractivity contribution in [3.8, 4) is 11.5 Å². The third-order valence-corrected chi connectivity index (χ3v) is 6.25. The molecule has 0 N–H and O–H groups in total. The highest BCUT2D eigenvalue weighted by Gasteiger charge is 2.29. The van der Waals surface area contributed by atoms with Crippen LogP contribution < -0.4 is 0 Å². The normalized spacial score (nSPS) is 19.5. The van der Waals surface area contributed by atoms with Crippen LogP contribution >= 0.6 is 0 Å². The van der Waals surface area contributed by atoms with Gasteiger partial charge >= 0.3 is 0 Å². The standard InChI is InChI=1S/C16H22N4O3S/c1-2-10-24(21,22)20-9-3-4-13(12-20)11-15-18-16(23-19-15)14-5-7-17-8-6-14/h5-8,13H,2-4,9-12H2,1H3. The first kappa shape index (κ1) is 17.0. The van der Waals surface area contributed by atoms with E-state index in [1.54, 1.807) is 16.7 Å². The van der Waals surface area contributed by atoms with Crippen molar-refractivity contribution in [2.75, 3.05) is 18.8 Å². The summed E-state index contributed by atoms with van der Waals surface area (Å²) in [5.74, 6) is 1.54. The molecule has 0 spiro atoms. The van der Waals surface area contributed by atoms with Gasteiger partial charge in [-0.3, -0.25) is 4.98 Å². The minimum Gasteiger partial charge on any atom is -0.334 e. The van der Waals surface area contributed by atoms with Crippen molar-refractivity contribution in [3.05, 3.63) is 30.4 Å². The van der Waals surface area contributed by atoms with E-state index in [9.17, 15) is 8.42 Å². The van der Waals surface area contributed by atoms with E-state index < -0.39 is 10.0 Å². The van der Waals surface area contributed by atoms with Crippen LogP contribution in [-0.4, -0.2) is 46.7 Å². The molecule has 2 aromatic heterocycles. The van der Waals surface area contributed by atoms with Gasteiger partial charge in [-0.05, 0) is 37.3 Å². The van der Waals surface area contributed by atoms with Crippen LogP contribution in [0.3, 0.4) is 0 Å². The molecule has 24 heavy (non-hydrogen) atoms. The molecule has 0 amide bonds. The van der Waals surface area contributed by atoms with Crippen molar-refractivity contribution < 1.29 is 12.9 Å². The molecule has 0 aliphatic carbocycles. The van der Waals surface area contributed by atoms with Gasteiger partial charge in [0.15, 0.2) is 5.82 Å². The van der Waals surface area contributed by atoms with Gasteiger partial charge in [-0.25, -0.2) is 12.7 Å². The average Bonchev–Trinajstić information content (AvgIpc) is 3.04. The van der Waals surface area contributed by atoms with Crippen LogP contribution in [0, 0.1) is 5.92 Å². The summed E-state index contributed by atoms with van der Waals surface area (Å²) in [5.41, 5.74) is 0.833. The zero-order valence-corrected chi connectivity index (χ0v) is 14.6. The summed E-state index contributed by atoms with van der Waals surface area (Å²) in [6, 6.07) is 3.63. The summed E-state index contributed by atoms with van der Waals surface area (Å²) in [5, 5.41) is 4.04. The maximum Gasteiger partial charge on any atom is 0.258 e. The molecule has 1 saturated heterocycles. The monoisotopic (exact) mass is 350 g/mol. The van der Waals surface area contributed by atoms with Gasteiger partial charge in [0.25, 0.3) is 5.89 Å². The molecule has 2 aromatic rings. The first-order valence-corrected chi connectivity index (χ1v) is 9.90. The predicted molar refractivity (Wildman–Crippen MR) is 89.6 cm³/mol. The number of hydrogen-bond donors (Lipinski definition) is 0. The molecule has 3 rings (SSSR count). The number of piperidine rings is 1. The number of rotatable bonds is 6. The number of nitrogens with zero attached hydrogens (tertiary/aromatic N) is 4. The quantitative estimate of drug-likeness (QED) is 0.793. The van der Waals surface area contributed by atoms with Crippen LogP contribution in [0.15, 0.2) is 29.0 Å². The van der Waals surface area contributed by atoms with E-state index in [4.69, 9.17) is 4.52 Å². The smallest absolute Gasteiger partial charge is 0.258 e. The SMILES string of the molecule is CCCS(=O)(=O)N1CCCC(Cc2noc(-c3ccncc3)n2)C1. The fourth-order valence-electron chi connectivity index (χ4n) is 3.04. The second-order valence-corrected chi connectivity index (χ2v) is 8.23. The fourth-order valence-corrected chi connectivity index (χ4v) is 4.66. The summed E-state index contributed by atoms with van der Waals surface area (Å²) in [4.78, 5) is 8.39. The maximum atomic E-state index is 12.2. The molecule has 0 aromatic carbocycles. The van der Waals surface area contributed by atoms with Crippen LogP contribution in [0.5, 0.6) is 0 Å². The third kappa shape index (κ3) is 3.99. The largest absolute Gasteiger partial charge is 0.334 e. The molecule has 1 unspecified atom stereocenters. The van der Waals surface area contributed by atoms with Crippen LogP contribution in [0.2, 0.25) is 0 Å². The minimum atomic E-state index is -3.13. The second kappa shape index (κ2) is 7.40. The van der Waals surface area contributed by atoms with Gasteiger partial charge in [0.2, 0.25) is 10.0 Å². The first-order valence-electron chi connectivity index (χ1n) is 8.29.